The molecule has 3 N–H and O–H groups in total. The molecule has 0 atom stereocenters. The zero-order valence-corrected chi connectivity index (χ0v) is 20.2. The highest BCUT2D eigenvalue weighted by Crippen LogP contribution is 2.28. The number of carbonyl (C=O) groups excluding carboxylic acids is 2. The van der Waals surface area contributed by atoms with Crippen LogP contribution in [0.25, 0.3) is 0 Å². The van der Waals surface area contributed by atoms with Gasteiger partial charge in [0.25, 0.3) is 0 Å². The maximum Gasteiger partial charge on any atom is 0.313 e. The molecule has 0 aromatic heterocycles. The van der Waals surface area contributed by atoms with Gasteiger partial charge in [-0.2, -0.15) is 0 Å². The van der Waals surface area contributed by atoms with Crippen molar-refractivity contribution in [1.29, 1.82) is 0 Å². The molecular formula is C24H31N3O6S. The fraction of sp³-hybridized carbons (Fsp3) is 0.417. The molecule has 1 aliphatic carbocycles. The van der Waals surface area contributed by atoms with Crippen LogP contribution in [-0.2, 0) is 26.0 Å². The Morgan fingerprint density at radius 2 is 1.65 bits per heavy atom. The fourth-order valence-corrected chi connectivity index (χ4v) is 5.14. The minimum absolute atomic E-state index is 0.00303. The number of ether oxygens (including phenoxy) is 2. The van der Waals surface area contributed by atoms with E-state index >= 15 is 0 Å². The minimum atomic E-state index is -3.55. The first-order valence-electron chi connectivity index (χ1n) is 11.2. The summed E-state index contributed by atoms with van der Waals surface area (Å²) in [5.41, 5.74) is 1.16. The van der Waals surface area contributed by atoms with E-state index in [1.54, 1.807) is 42.5 Å². The average Bonchev–Trinajstić information content (AvgIpc) is 2.84. The van der Waals surface area contributed by atoms with Gasteiger partial charge in [0.15, 0.2) is 0 Å². The Bertz CT molecular complexity index is 1100. The average molecular weight is 490 g/mol. The van der Waals surface area contributed by atoms with Crippen LogP contribution < -0.4 is 24.8 Å². The number of hydrogen-bond acceptors (Lipinski definition) is 6. The highest BCUT2D eigenvalue weighted by Gasteiger charge is 2.22. The molecule has 1 saturated carbocycles. The zero-order valence-electron chi connectivity index (χ0n) is 19.4. The van der Waals surface area contributed by atoms with Crippen LogP contribution in [0.5, 0.6) is 11.5 Å². The quantitative estimate of drug-likeness (QED) is 0.466. The molecule has 34 heavy (non-hydrogen) atoms. The van der Waals surface area contributed by atoms with Crippen molar-refractivity contribution in [1.82, 2.24) is 10.0 Å². The molecule has 0 saturated heterocycles. The maximum atomic E-state index is 12.6. The molecule has 2 amide bonds. The first kappa shape index (κ1) is 25.5. The lowest BCUT2D eigenvalue weighted by molar-refractivity contribution is -0.136. The van der Waals surface area contributed by atoms with Crippen LogP contribution in [0.1, 0.15) is 37.7 Å². The molecule has 1 fully saturated rings. The van der Waals surface area contributed by atoms with Crippen LogP contribution in [-0.4, -0.2) is 47.0 Å². The molecule has 3 rings (SSSR count). The topological polar surface area (TPSA) is 123 Å². The lowest BCUT2D eigenvalue weighted by Crippen LogP contribution is -2.36. The van der Waals surface area contributed by atoms with Crippen LogP contribution in [0, 0.1) is 0 Å². The smallest absolute Gasteiger partial charge is 0.313 e. The SMILES string of the molecule is COc1ccc(OC)c(NC(=O)C(=O)NCCc2ccc(S(=O)(=O)NC3CCCCC3)cc2)c1. The summed E-state index contributed by atoms with van der Waals surface area (Å²) in [4.78, 5) is 24.7. The van der Waals surface area contributed by atoms with Crippen molar-refractivity contribution in [2.24, 2.45) is 0 Å². The number of nitrogens with one attached hydrogen (secondary N) is 3. The summed E-state index contributed by atoms with van der Waals surface area (Å²) >= 11 is 0. The number of rotatable bonds is 9. The van der Waals surface area contributed by atoms with E-state index in [0.717, 1.165) is 37.7 Å². The Kier molecular flexibility index (Phi) is 8.89. The molecule has 9 nitrogen and oxygen atoms in total. The fourth-order valence-electron chi connectivity index (χ4n) is 3.83. The highest BCUT2D eigenvalue weighted by atomic mass is 32.2. The first-order valence-corrected chi connectivity index (χ1v) is 12.7. The summed E-state index contributed by atoms with van der Waals surface area (Å²) in [7, 11) is -0.600. The number of methoxy groups -OCH3 is 2. The molecule has 2 aromatic rings. The molecule has 2 aromatic carbocycles. The van der Waals surface area contributed by atoms with Crippen molar-refractivity contribution in [2.45, 2.75) is 49.5 Å². The number of carbonyl (C=O) groups is 2. The number of anilines is 1. The highest BCUT2D eigenvalue weighted by molar-refractivity contribution is 7.89. The summed E-state index contributed by atoms with van der Waals surface area (Å²) in [6.07, 6.45) is 5.43. The monoisotopic (exact) mass is 489 g/mol. The van der Waals surface area contributed by atoms with Gasteiger partial charge in [-0.1, -0.05) is 31.4 Å². The maximum absolute atomic E-state index is 12.6. The Morgan fingerprint density at radius 1 is 0.941 bits per heavy atom. The van der Waals surface area contributed by atoms with Crippen molar-refractivity contribution in [3.8, 4) is 11.5 Å². The predicted molar refractivity (Wildman–Crippen MR) is 129 cm³/mol. The van der Waals surface area contributed by atoms with E-state index < -0.39 is 21.8 Å². The number of amides is 2. The van der Waals surface area contributed by atoms with Gasteiger partial charge in [0.1, 0.15) is 11.5 Å². The Labute approximate surface area is 200 Å². The molecule has 0 spiro atoms. The van der Waals surface area contributed by atoms with E-state index in [-0.39, 0.29) is 17.5 Å². The molecule has 0 heterocycles. The largest absolute Gasteiger partial charge is 0.497 e. The van der Waals surface area contributed by atoms with Crippen LogP contribution in [0.2, 0.25) is 0 Å². The van der Waals surface area contributed by atoms with E-state index in [4.69, 9.17) is 9.47 Å². The lowest BCUT2D eigenvalue weighted by atomic mass is 9.96. The van der Waals surface area contributed by atoms with Crippen molar-refractivity contribution in [2.75, 3.05) is 26.1 Å². The van der Waals surface area contributed by atoms with Crippen molar-refractivity contribution in [3.63, 3.8) is 0 Å². The van der Waals surface area contributed by atoms with E-state index in [2.05, 4.69) is 15.4 Å². The molecule has 10 heteroatoms. The first-order chi connectivity index (χ1) is 16.3. The molecular weight excluding hydrogens is 458 g/mol. The van der Waals surface area contributed by atoms with E-state index in [1.807, 2.05) is 0 Å². The number of sulfonamides is 1. The summed E-state index contributed by atoms with van der Waals surface area (Å²) in [5.74, 6) is -0.714. The van der Waals surface area contributed by atoms with Gasteiger partial charge in [0, 0.05) is 18.7 Å². The molecule has 0 radical (unpaired) electrons. The zero-order chi connectivity index (χ0) is 24.6. The van der Waals surface area contributed by atoms with Crippen molar-refractivity contribution >= 4 is 27.5 Å². The van der Waals surface area contributed by atoms with Crippen LogP contribution in [0.15, 0.2) is 47.4 Å². The standard InChI is InChI=1S/C24H31N3O6S/c1-32-19-10-13-22(33-2)21(16-19)26-24(29)23(28)25-15-14-17-8-11-20(12-9-17)34(30,31)27-18-6-4-3-5-7-18/h8-13,16,18,27H,3-7,14-15H2,1-2H3,(H,25,28)(H,26,29). The van der Waals surface area contributed by atoms with Gasteiger partial charge in [0.05, 0.1) is 24.8 Å². The van der Waals surface area contributed by atoms with Gasteiger partial charge >= 0.3 is 11.8 Å². The number of hydrogen-bond donors (Lipinski definition) is 3. The van der Waals surface area contributed by atoms with E-state index in [9.17, 15) is 18.0 Å². The van der Waals surface area contributed by atoms with Crippen LogP contribution in [0.3, 0.4) is 0 Å². The Hall–Kier alpha value is -3.11. The molecule has 0 aliphatic heterocycles. The molecule has 184 valence electrons. The third-order valence-electron chi connectivity index (χ3n) is 5.72. The second-order valence-electron chi connectivity index (χ2n) is 8.13. The van der Waals surface area contributed by atoms with Gasteiger partial charge in [-0.15, -0.1) is 0 Å². The van der Waals surface area contributed by atoms with E-state index in [1.165, 1.54) is 14.2 Å². The number of benzene rings is 2. The molecule has 0 unspecified atom stereocenters. The van der Waals surface area contributed by atoms with Crippen molar-refractivity contribution in [3.05, 3.63) is 48.0 Å². The van der Waals surface area contributed by atoms with Gasteiger partial charge in [-0.25, -0.2) is 13.1 Å². The van der Waals surface area contributed by atoms with Gasteiger partial charge in [-0.05, 0) is 49.1 Å². The Balaban J connectivity index is 1.49. The third kappa shape index (κ3) is 6.94. The third-order valence-corrected chi connectivity index (χ3v) is 7.26. The summed E-state index contributed by atoms with van der Waals surface area (Å²) < 4.78 is 38.3. The summed E-state index contributed by atoms with van der Waals surface area (Å²) in [6.45, 7) is 0.216. The molecule has 0 bridgehead atoms. The van der Waals surface area contributed by atoms with Gasteiger partial charge in [0.2, 0.25) is 10.0 Å². The van der Waals surface area contributed by atoms with Crippen LogP contribution >= 0.6 is 0 Å². The molecule has 1 aliphatic rings. The lowest BCUT2D eigenvalue weighted by Gasteiger charge is -2.22. The Morgan fingerprint density at radius 3 is 2.29 bits per heavy atom. The second kappa shape index (κ2) is 11.8. The van der Waals surface area contributed by atoms with Gasteiger partial charge < -0.3 is 20.1 Å². The van der Waals surface area contributed by atoms with E-state index in [0.29, 0.717) is 23.6 Å². The summed E-state index contributed by atoms with van der Waals surface area (Å²) in [5, 5.41) is 5.08. The predicted octanol–water partition coefficient (Wildman–Crippen LogP) is 2.61. The van der Waals surface area contributed by atoms with Crippen molar-refractivity contribution < 1.29 is 27.5 Å². The van der Waals surface area contributed by atoms with Gasteiger partial charge in [-0.3, -0.25) is 9.59 Å². The normalized spacial score (nSPS) is 14.3. The summed E-state index contributed by atoms with van der Waals surface area (Å²) in [6, 6.07) is 11.4. The minimum Gasteiger partial charge on any atom is -0.497 e. The second-order valence-corrected chi connectivity index (χ2v) is 9.84. The van der Waals surface area contributed by atoms with Crippen LogP contribution in [0.4, 0.5) is 5.69 Å².